The number of nitrogens with zero attached hydrogens (tertiary/aromatic N) is 2. The summed E-state index contributed by atoms with van der Waals surface area (Å²) in [6, 6.07) is 16.9. The first-order valence-corrected chi connectivity index (χ1v) is 9.63. The second-order valence-corrected chi connectivity index (χ2v) is 7.32. The molecule has 0 saturated heterocycles. The van der Waals surface area contributed by atoms with Crippen LogP contribution in [0.3, 0.4) is 0 Å². The molecule has 0 aliphatic carbocycles. The van der Waals surface area contributed by atoms with Gasteiger partial charge in [-0.25, -0.2) is 10.2 Å². The first kappa shape index (κ1) is 19.9. The molecule has 0 aliphatic heterocycles. The van der Waals surface area contributed by atoms with E-state index in [2.05, 4.69) is 47.4 Å². The number of hydrazone groups is 1. The molecular weight excluding hydrogens is 490 g/mol. The van der Waals surface area contributed by atoms with E-state index in [9.17, 15) is 9.59 Å². The zero-order valence-electron chi connectivity index (χ0n) is 14.3. The number of hydrogen-bond acceptors (Lipinski definition) is 5. The molecule has 140 valence electrons. The zero-order valence-corrected chi connectivity index (χ0v) is 17.5. The van der Waals surface area contributed by atoms with E-state index >= 15 is 0 Å². The van der Waals surface area contributed by atoms with Gasteiger partial charge in [-0.2, -0.15) is 5.10 Å². The lowest BCUT2D eigenvalue weighted by atomic mass is 10.2. The fraction of sp³-hybridized carbons (Fsp3) is 0. The summed E-state index contributed by atoms with van der Waals surface area (Å²) in [5.41, 5.74) is 3.57. The number of amides is 1. The summed E-state index contributed by atoms with van der Waals surface area (Å²) >= 11 is 6.69. The Balaban J connectivity index is 1.74. The third-order valence-electron chi connectivity index (χ3n) is 3.52. The quantitative estimate of drug-likeness (QED) is 0.239. The third kappa shape index (κ3) is 5.34. The standard InChI is InChI=1S/C20H13Br2N3O3/c21-15-6-4-13(5-7-15)20(27)28-18-9-8-16(22)11-14(18)12-24-25-19(26)17-3-1-2-10-23-17/h1-12H,(H,25,26)/b24-12+. The molecule has 1 N–H and O–H groups in total. The number of nitrogens with one attached hydrogen (secondary N) is 1. The molecule has 0 spiro atoms. The molecule has 8 heteroatoms. The molecule has 1 aromatic heterocycles. The first-order valence-electron chi connectivity index (χ1n) is 8.04. The first-order chi connectivity index (χ1) is 13.5. The van der Waals surface area contributed by atoms with Crippen molar-refractivity contribution in [2.24, 2.45) is 5.10 Å². The molecule has 0 fully saturated rings. The Morgan fingerprint density at radius 3 is 2.46 bits per heavy atom. The van der Waals surface area contributed by atoms with Crippen LogP contribution in [0.5, 0.6) is 5.75 Å². The monoisotopic (exact) mass is 501 g/mol. The minimum atomic E-state index is -0.498. The highest BCUT2D eigenvalue weighted by Crippen LogP contribution is 2.23. The van der Waals surface area contributed by atoms with Crippen molar-refractivity contribution in [3.8, 4) is 5.75 Å². The molecule has 3 rings (SSSR count). The van der Waals surface area contributed by atoms with Gasteiger partial charge in [-0.3, -0.25) is 9.78 Å². The lowest BCUT2D eigenvalue weighted by Gasteiger charge is -2.08. The van der Waals surface area contributed by atoms with Gasteiger partial charge in [0.25, 0.3) is 5.91 Å². The number of carbonyl (C=O) groups is 2. The number of ether oxygens (including phenoxy) is 1. The second-order valence-electron chi connectivity index (χ2n) is 5.49. The molecule has 1 heterocycles. The summed E-state index contributed by atoms with van der Waals surface area (Å²) in [4.78, 5) is 28.3. The molecule has 0 saturated carbocycles. The highest BCUT2D eigenvalue weighted by molar-refractivity contribution is 9.10. The van der Waals surface area contributed by atoms with Crippen LogP contribution >= 0.6 is 31.9 Å². The fourth-order valence-electron chi connectivity index (χ4n) is 2.17. The van der Waals surface area contributed by atoms with Crippen LogP contribution in [0.1, 0.15) is 26.4 Å². The van der Waals surface area contributed by atoms with Gasteiger partial charge in [-0.1, -0.05) is 37.9 Å². The highest BCUT2D eigenvalue weighted by atomic mass is 79.9. The second kappa shape index (κ2) is 9.38. The summed E-state index contributed by atoms with van der Waals surface area (Å²) in [7, 11) is 0. The van der Waals surface area contributed by atoms with Crippen LogP contribution in [0.15, 0.2) is 80.9 Å². The van der Waals surface area contributed by atoms with Crippen molar-refractivity contribution in [1.82, 2.24) is 10.4 Å². The fourth-order valence-corrected chi connectivity index (χ4v) is 2.82. The van der Waals surface area contributed by atoms with Crippen LogP contribution in [-0.4, -0.2) is 23.1 Å². The van der Waals surface area contributed by atoms with Gasteiger partial charge in [0, 0.05) is 20.7 Å². The maximum atomic E-state index is 12.4. The average molecular weight is 503 g/mol. The molecular formula is C20H13Br2N3O3. The predicted molar refractivity (Wildman–Crippen MR) is 113 cm³/mol. The van der Waals surface area contributed by atoms with Crippen molar-refractivity contribution in [1.29, 1.82) is 0 Å². The summed E-state index contributed by atoms with van der Waals surface area (Å²) < 4.78 is 7.11. The maximum Gasteiger partial charge on any atom is 0.343 e. The normalized spacial score (nSPS) is 10.6. The molecule has 1 amide bonds. The Labute approximate surface area is 177 Å². The van der Waals surface area contributed by atoms with Crippen LogP contribution in [-0.2, 0) is 0 Å². The van der Waals surface area contributed by atoms with E-state index in [1.807, 2.05) is 0 Å². The number of aromatic nitrogens is 1. The van der Waals surface area contributed by atoms with Crippen molar-refractivity contribution in [2.75, 3.05) is 0 Å². The minimum Gasteiger partial charge on any atom is -0.422 e. The van der Waals surface area contributed by atoms with Gasteiger partial charge >= 0.3 is 5.97 Å². The lowest BCUT2D eigenvalue weighted by Crippen LogP contribution is -2.18. The van der Waals surface area contributed by atoms with Crippen molar-refractivity contribution in [2.45, 2.75) is 0 Å². The lowest BCUT2D eigenvalue weighted by molar-refractivity contribution is 0.0734. The van der Waals surface area contributed by atoms with Crippen LogP contribution in [0.2, 0.25) is 0 Å². The Bertz CT molecular complexity index is 1020. The highest BCUT2D eigenvalue weighted by Gasteiger charge is 2.12. The Kier molecular flexibility index (Phi) is 6.67. The number of esters is 1. The molecule has 6 nitrogen and oxygen atoms in total. The van der Waals surface area contributed by atoms with E-state index in [1.165, 1.54) is 12.4 Å². The van der Waals surface area contributed by atoms with Gasteiger partial charge in [0.15, 0.2) is 0 Å². The SMILES string of the molecule is O=C(Oc1ccc(Br)cc1/C=N/NC(=O)c1ccccn1)c1ccc(Br)cc1. The molecule has 2 aromatic carbocycles. The van der Waals surface area contributed by atoms with Crippen LogP contribution in [0.4, 0.5) is 0 Å². The van der Waals surface area contributed by atoms with Crippen LogP contribution < -0.4 is 10.2 Å². The van der Waals surface area contributed by atoms with E-state index in [0.717, 1.165) is 8.95 Å². The molecule has 0 bridgehead atoms. The van der Waals surface area contributed by atoms with Gasteiger partial charge in [0.2, 0.25) is 0 Å². The van der Waals surface area contributed by atoms with E-state index in [-0.39, 0.29) is 5.69 Å². The largest absolute Gasteiger partial charge is 0.422 e. The van der Waals surface area contributed by atoms with Gasteiger partial charge in [-0.05, 0) is 54.6 Å². The molecule has 3 aromatic rings. The van der Waals surface area contributed by atoms with Gasteiger partial charge < -0.3 is 4.74 Å². The molecule has 0 unspecified atom stereocenters. The number of halogens is 2. The molecule has 0 atom stereocenters. The van der Waals surface area contributed by atoms with Crippen molar-refractivity contribution in [3.05, 3.63) is 92.6 Å². The third-order valence-corrected chi connectivity index (χ3v) is 4.54. The Morgan fingerprint density at radius 1 is 1.00 bits per heavy atom. The van der Waals surface area contributed by atoms with E-state index in [4.69, 9.17) is 4.74 Å². The zero-order chi connectivity index (χ0) is 19.9. The topological polar surface area (TPSA) is 80.6 Å². The maximum absolute atomic E-state index is 12.4. The van der Waals surface area contributed by atoms with E-state index in [0.29, 0.717) is 16.9 Å². The summed E-state index contributed by atoms with van der Waals surface area (Å²) in [5.74, 6) is -0.630. The van der Waals surface area contributed by atoms with Gasteiger partial charge in [0.05, 0.1) is 11.8 Å². The number of pyridine rings is 1. The molecule has 0 aliphatic rings. The molecule has 28 heavy (non-hydrogen) atoms. The Hall–Kier alpha value is -2.84. The minimum absolute atomic E-state index is 0.246. The smallest absolute Gasteiger partial charge is 0.343 e. The Morgan fingerprint density at radius 2 is 1.75 bits per heavy atom. The van der Waals surface area contributed by atoms with Crippen LogP contribution in [0.25, 0.3) is 0 Å². The van der Waals surface area contributed by atoms with E-state index in [1.54, 1.807) is 60.7 Å². The number of hydrogen-bond donors (Lipinski definition) is 1. The van der Waals surface area contributed by atoms with Gasteiger partial charge in [-0.15, -0.1) is 0 Å². The summed E-state index contributed by atoms with van der Waals surface area (Å²) in [6.07, 6.45) is 2.92. The number of rotatable bonds is 5. The number of benzene rings is 2. The summed E-state index contributed by atoms with van der Waals surface area (Å²) in [5, 5.41) is 3.93. The van der Waals surface area contributed by atoms with Crippen LogP contribution in [0, 0.1) is 0 Å². The number of carbonyl (C=O) groups excluding carboxylic acids is 2. The van der Waals surface area contributed by atoms with Crippen molar-refractivity contribution in [3.63, 3.8) is 0 Å². The van der Waals surface area contributed by atoms with Gasteiger partial charge in [0.1, 0.15) is 11.4 Å². The molecule has 0 radical (unpaired) electrons. The predicted octanol–water partition coefficient (Wildman–Crippen LogP) is 4.59. The van der Waals surface area contributed by atoms with Crippen molar-refractivity contribution >= 4 is 50.0 Å². The van der Waals surface area contributed by atoms with Crippen molar-refractivity contribution < 1.29 is 14.3 Å². The summed E-state index contributed by atoms with van der Waals surface area (Å²) in [6.45, 7) is 0. The van der Waals surface area contributed by atoms with E-state index < -0.39 is 11.9 Å². The average Bonchev–Trinajstić information content (AvgIpc) is 2.71.